The van der Waals surface area contributed by atoms with Crippen LogP contribution in [0.15, 0.2) is 35.7 Å². The Bertz CT molecular complexity index is 734. The van der Waals surface area contributed by atoms with E-state index in [9.17, 15) is 4.79 Å². The molecule has 0 bridgehead atoms. The van der Waals surface area contributed by atoms with Crippen molar-refractivity contribution in [2.75, 3.05) is 31.9 Å². The number of hydrogen-bond donors (Lipinski definition) is 1. The second-order valence-corrected chi connectivity index (χ2v) is 7.61. The van der Waals surface area contributed by atoms with E-state index >= 15 is 0 Å². The lowest BCUT2D eigenvalue weighted by Crippen LogP contribution is -2.53. The lowest BCUT2D eigenvalue weighted by atomic mass is 9.87. The van der Waals surface area contributed by atoms with Crippen molar-refractivity contribution in [3.63, 3.8) is 0 Å². The normalized spacial score (nSPS) is 21.5. The van der Waals surface area contributed by atoms with Gasteiger partial charge in [0.25, 0.3) is 5.91 Å². The Morgan fingerprint density at radius 3 is 2.54 bits per heavy atom. The number of aryl methyl sites for hydroxylation is 1. The summed E-state index contributed by atoms with van der Waals surface area (Å²) in [6.45, 7) is 3.52. The van der Waals surface area contributed by atoms with Crippen LogP contribution in [0.2, 0.25) is 0 Å². The SMILES string of the molecule is Nc1ccsc1C(=O)N1CCN([C@H]2CCc3ccccc3C2)CC1. The van der Waals surface area contributed by atoms with Gasteiger partial charge in [-0.15, -0.1) is 11.3 Å². The second kappa shape index (κ2) is 6.57. The molecular weight excluding hydrogens is 318 g/mol. The number of nitrogens with zero attached hydrogens (tertiary/aromatic N) is 2. The fraction of sp³-hybridized carbons (Fsp3) is 0.421. The van der Waals surface area contributed by atoms with Crippen molar-refractivity contribution in [1.82, 2.24) is 9.80 Å². The van der Waals surface area contributed by atoms with E-state index in [2.05, 4.69) is 29.2 Å². The summed E-state index contributed by atoms with van der Waals surface area (Å²) in [6.07, 6.45) is 3.54. The zero-order valence-corrected chi connectivity index (χ0v) is 14.6. The fourth-order valence-corrected chi connectivity index (χ4v) is 4.70. The van der Waals surface area contributed by atoms with Crippen molar-refractivity contribution in [2.24, 2.45) is 0 Å². The number of nitrogen functional groups attached to an aromatic ring is 1. The molecule has 1 aromatic heterocycles. The molecule has 0 radical (unpaired) electrons. The van der Waals surface area contributed by atoms with Crippen LogP contribution in [-0.4, -0.2) is 47.9 Å². The van der Waals surface area contributed by atoms with Crippen molar-refractivity contribution in [3.05, 3.63) is 51.7 Å². The molecule has 2 aliphatic rings. The van der Waals surface area contributed by atoms with E-state index in [1.54, 1.807) is 0 Å². The molecule has 1 aliphatic carbocycles. The summed E-state index contributed by atoms with van der Waals surface area (Å²) < 4.78 is 0. The maximum absolute atomic E-state index is 12.6. The molecule has 0 unspecified atom stereocenters. The minimum atomic E-state index is 0.0936. The highest BCUT2D eigenvalue weighted by Crippen LogP contribution is 2.26. The van der Waals surface area contributed by atoms with Gasteiger partial charge in [0, 0.05) is 32.2 Å². The first-order valence-corrected chi connectivity index (χ1v) is 9.53. The highest BCUT2D eigenvalue weighted by molar-refractivity contribution is 7.12. The number of benzene rings is 1. The highest BCUT2D eigenvalue weighted by Gasteiger charge is 2.29. The summed E-state index contributed by atoms with van der Waals surface area (Å²) in [7, 11) is 0. The first-order chi connectivity index (χ1) is 11.7. The third-order valence-corrected chi connectivity index (χ3v) is 6.25. The monoisotopic (exact) mass is 341 g/mol. The van der Waals surface area contributed by atoms with Gasteiger partial charge in [-0.2, -0.15) is 0 Å². The summed E-state index contributed by atoms with van der Waals surface area (Å²) in [6, 6.07) is 11.2. The number of hydrogen-bond acceptors (Lipinski definition) is 4. The molecule has 4 rings (SSSR count). The van der Waals surface area contributed by atoms with E-state index in [-0.39, 0.29) is 5.91 Å². The highest BCUT2D eigenvalue weighted by atomic mass is 32.1. The van der Waals surface area contributed by atoms with Gasteiger partial charge in [-0.1, -0.05) is 24.3 Å². The average Bonchev–Trinajstić information content (AvgIpc) is 3.07. The summed E-state index contributed by atoms with van der Waals surface area (Å²) in [5.41, 5.74) is 9.51. The van der Waals surface area contributed by atoms with E-state index in [1.165, 1.54) is 35.3 Å². The van der Waals surface area contributed by atoms with Gasteiger partial charge in [-0.05, 0) is 41.8 Å². The Labute approximate surface area is 146 Å². The van der Waals surface area contributed by atoms with Crippen LogP contribution in [0.1, 0.15) is 27.2 Å². The van der Waals surface area contributed by atoms with E-state index in [0.29, 0.717) is 16.6 Å². The molecular formula is C19H23N3OS. The molecule has 1 aliphatic heterocycles. The van der Waals surface area contributed by atoms with Crippen molar-refractivity contribution in [1.29, 1.82) is 0 Å². The molecule has 1 saturated heterocycles. The maximum Gasteiger partial charge on any atom is 0.266 e. The van der Waals surface area contributed by atoms with Gasteiger partial charge in [0.1, 0.15) is 4.88 Å². The minimum Gasteiger partial charge on any atom is -0.397 e. The van der Waals surface area contributed by atoms with Crippen LogP contribution in [0, 0.1) is 0 Å². The topological polar surface area (TPSA) is 49.6 Å². The summed E-state index contributed by atoms with van der Waals surface area (Å²) in [4.78, 5) is 17.8. The maximum atomic E-state index is 12.6. The lowest BCUT2D eigenvalue weighted by Gasteiger charge is -2.41. The number of thiophene rings is 1. The van der Waals surface area contributed by atoms with Crippen molar-refractivity contribution in [2.45, 2.75) is 25.3 Å². The van der Waals surface area contributed by atoms with E-state index in [1.807, 2.05) is 16.3 Å². The molecule has 1 aromatic carbocycles. The molecule has 4 nitrogen and oxygen atoms in total. The van der Waals surface area contributed by atoms with Crippen LogP contribution in [0.5, 0.6) is 0 Å². The van der Waals surface area contributed by atoms with Crippen LogP contribution in [0.3, 0.4) is 0 Å². The number of piperazine rings is 1. The van der Waals surface area contributed by atoms with Gasteiger partial charge in [0.15, 0.2) is 0 Å². The predicted molar refractivity (Wildman–Crippen MR) is 98.5 cm³/mol. The van der Waals surface area contributed by atoms with Crippen LogP contribution in [0.25, 0.3) is 0 Å². The van der Waals surface area contributed by atoms with E-state index in [4.69, 9.17) is 5.73 Å². The summed E-state index contributed by atoms with van der Waals surface area (Å²) in [5, 5.41) is 1.89. The molecule has 2 N–H and O–H groups in total. The zero-order valence-electron chi connectivity index (χ0n) is 13.8. The first-order valence-electron chi connectivity index (χ1n) is 8.65. The Balaban J connectivity index is 1.37. The summed E-state index contributed by atoms with van der Waals surface area (Å²) >= 11 is 1.44. The van der Waals surface area contributed by atoms with Crippen molar-refractivity contribution < 1.29 is 4.79 Å². The average molecular weight is 341 g/mol. The van der Waals surface area contributed by atoms with Gasteiger partial charge >= 0.3 is 0 Å². The number of fused-ring (bicyclic) bond motifs is 1. The van der Waals surface area contributed by atoms with Crippen LogP contribution >= 0.6 is 11.3 Å². The van der Waals surface area contributed by atoms with Crippen LogP contribution in [0.4, 0.5) is 5.69 Å². The van der Waals surface area contributed by atoms with Gasteiger partial charge < -0.3 is 10.6 Å². The molecule has 5 heteroatoms. The van der Waals surface area contributed by atoms with Gasteiger partial charge in [-0.3, -0.25) is 9.69 Å². The molecule has 24 heavy (non-hydrogen) atoms. The Morgan fingerprint density at radius 2 is 1.83 bits per heavy atom. The van der Waals surface area contributed by atoms with Gasteiger partial charge in [0.2, 0.25) is 0 Å². The number of amides is 1. The van der Waals surface area contributed by atoms with Crippen molar-refractivity contribution >= 4 is 22.9 Å². The molecule has 1 amide bonds. The molecule has 2 heterocycles. The molecule has 0 spiro atoms. The second-order valence-electron chi connectivity index (χ2n) is 6.70. The third kappa shape index (κ3) is 2.94. The summed E-state index contributed by atoms with van der Waals surface area (Å²) in [5.74, 6) is 0.0936. The number of carbonyl (C=O) groups excluding carboxylic acids is 1. The number of rotatable bonds is 2. The Kier molecular flexibility index (Phi) is 4.29. The van der Waals surface area contributed by atoms with Gasteiger partial charge in [-0.25, -0.2) is 0 Å². The smallest absolute Gasteiger partial charge is 0.266 e. The number of nitrogens with two attached hydrogens (primary N) is 1. The predicted octanol–water partition coefficient (Wildman–Crippen LogP) is 2.65. The van der Waals surface area contributed by atoms with Crippen LogP contribution in [-0.2, 0) is 12.8 Å². The number of carbonyl (C=O) groups is 1. The molecule has 1 atom stereocenters. The molecule has 0 saturated carbocycles. The quantitative estimate of drug-likeness (QED) is 0.913. The Hall–Kier alpha value is -1.85. The van der Waals surface area contributed by atoms with Crippen molar-refractivity contribution in [3.8, 4) is 0 Å². The zero-order chi connectivity index (χ0) is 16.5. The van der Waals surface area contributed by atoms with E-state index < -0.39 is 0 Å². The molecule has 126 valence electrons. The molecule has 2 aromatic rings. The van der Waals surface area contributed by atoms with Crippen LogP contribution < -0.4 is 5.73 Å². The largest absolute Gasteiger partial charge is 0.397 e. The van der Waals surface area contributed by atoms with E-state index in [0.717, 1.165) is 32.6 Å². The third-order valence-electron chi connectivity index (χ3n) is 5.33. The molecule has 1 fully saturated rings. The first kappa shape index (κ1) is 15.7. The Morgan fingerprint density at radius 1 is 1.08 bits per heavy atom. The lowest BCUT2D eigenvalue weighted by molar-refractivity contribution is 0.0558. The fourth-order valence-electron chi connectivity index (χ4n) is 3.92. The number of anilines is 1. The standard InChI is InChI=1S/C19H23N3OS/c20-17-7-12-24-18(17)19(23)22-10-8-21(9-11-22)16-6-5-14-3-1-2-4-15(14)13-16/h1-4,7,12,16H,5-6,8-11,13,20H2/t16-/m0/s1. The minimum absolute atomic E-state index is 0.0936. The van der Waals surface area contributed by atoms with Gasteiger partial charge in [0.05, 0.1) is 5.69 Å².